The Labute approximate surface area is 190 Å². The maximum atomic E-state index is 12.6. The number of nitrogens with zero attached hydrogens (tertiary/aromatic N) is 1. The molecule has 0 spiro atoms. The first kappa shape index (κ1) is 22.3. The van der Waals surface area contributed by atoms with Gasteiger partial charge in [0, 0.05) is 42.2 Å². The van der Waals surface area contributed by atoms with Crippen LogP contribution in [0.1, 0.15) is 30.7 Å². The van der Waals surface area contributed by atoms with E-state index in [4.69, 9.17) is 4.98 Å². The molecule has 0 fully saturated rings. The van der Waals surface area contributed by atoms with Gasteiger partial charge in [-0.25, -0.2) is 13.4 Å². The molecule has 3 N–H and O–H groups in total. The van der Waals surface area contributed by atoms with Gasteiger partial charge in [0.1, 0.15) is 15.5 Å². The van der Waals surface area contributed by atoms with Crippen LogP contribution in [0.25, 0.3) is 20.8 Å². The zero-order chi connectivity index (χ0) is 22.2. The minimum absolute atomic E-state index is 0.0427. The zero-order valence-corrected chi connectivity index (χ0v) is 20.2. The fourth-order valence-corrected chi connectivity index (χ4v) is 6.91. The standard InChI is InChI=1S/C21H26N4O3S3/c1-12(2)23-10-8-17(26)24-20-18(13-7-9-22-11-15(13)30-20)21-25-19-14(29-21)5-4-6-16(19)31(3,27)28/h4-6,12,22-23H,7-11H2,1-3H3,(H,24,26). The van der Waals surface area contributed by atoms with Crippen LogP contribution in [0.3, 0.4) is 0 Å². The number of nitrogens with one attached hydrogen (secondary N) is 3. The topological polar surface area (TPSA) is 100 Å². The Kier molecular flexibility index (Phi) is 6.45. The van der Waals surface area contributed by atoms with Crippen LogP contribution < -0.4 is 16.0 Å². The van der Waals surface area contributed by atoms with E-state index in [0.717, 1.165) is 39.8 Å². The number of rotatable bonds is 7. The van der Waals surface area contributed by atoms with E-state index in [1.807, 2.05) is 19.9 Å². The van der Waals surface area contributed by atoms with Gasteiger partial charge in [-0.3, -0.25) is 4.79 Å². The number of anilines is 1. The first-order valence-electron chi connectivity index (χ1n) is 10.2. The number of hydrogen-bond donors (Lipinski definition) is 3. The molecule has 31 heavy (non-hydrogen) atoms. The number of thiophene rings is 1. The van der Waals surface area contributed by atoms with Crippen LogP contribution in [-0.2, 0) is 27.6 Å². The number of hydrogen-bond acceptors (Lipinski definition) is 8. The number of carbonyl (C=O) groups is 1. The van der Waals surface area contributed by atoms with Gasteiger partial charge in [-0.05, 0) is 30.7 Å². The molecule has 0 aliphatic carbocycles. The SMILES string of the molecule is CC(C)NCCC(=O)Nc1sc2c(c1-c1nc3c(S(C)(=O)=O)cccc3s1)CCNC2. The first-order valence-corrected chi connectivity index (χ1v) is 13.7. The number of thiazole rings is 1. The summed E-state index contributed by atoms with van der Waals surface area (Å²) in [6.45, 7) is 6.34. The fourth-order valence-electron chi connectivity index (χ4n) is 3.64. The lowest BCUT2D eigenvalue weighted by Crippen LogP contribution is -2.27. The monoisotopic (exact) mass is 478 g/mol. The molecule has 0 bridgehead atoms. The highest BCUT2D eigenvalue weighted by Crippen LogP contribution is 2.45. The molecule has 0 saturated carbocycles. The van der Waals surface area contributed by atoms with Gasteiger partial charge in [-0.15, -0.1) is 22.7 Å². The van der Waals surface area contributed by atoms with Gasteiger partial charge in [-0.1, -0.05) is 19.9 Å². The molecule has 3 heterocycles. The van der Waals surface area contributed by atoms with Gasteiger partial charge in [0.25, 0.3) is 0 Å². The molecule has 4 rings (SSSR count). The van der Waals surface area contributed by atoms with Crippen molar-refractivity contribution in [1.29, 1.82) is 0 Å². The van der Waals surface area contributed by atoms with E-state index in [0.29, 0.717) is 24.5 Å². The molecule has 0 radical (unpaired) electrons. The lowest BCUT2D eigenvalue weighted by molar-refractivity contribution is -0.116. The summed E-state index contributed by atoms with van der Waals surface area (Å²) in [5, 5.41) is 11.3. The number of amides is 1. The molecule has 1 aromatic carbocycles. The summed E-state index contributed by atoms with van der Waals surface area (Å²) < 4.78 is 25.3. The lowest BCUT2D eigenvalue weighted by atomic mass is 10.0. The van der Waals surface area contributed by atoms with E-state index in [-0.39, 0.29) is 10.8 Å². The van der Waals surface area contributed by atoms with Crippen LogP contribution in [0.2, 0.25) is 0 Å². The third-order valence-corrected chi connectivity index (χ3v) is 8.39. The van der Waals surface area contributed by atoms with Crippen molar-refractivity contribution >= 4 is 53.6 Å². The van der Waals surface area contributed by atoms with Crippen molar-refractivity contribution in [3.8, 4) is 10.6 Å². The van der Waals surface area contributed by atoms with E-state index < -0.39 is 9.84 Å². The molecule has 10 heteroatoms. The number of sulfone groups is 1. The molecule has 1 aliphatic heterocycles. The molecule has 0 atom stereocenters. The summed E-state index contributed by atoms with van der Waals surface area (Å²) in [5.41, 5.74) is 2.63. The molecule has 0 unspecified atom stereocenters. The molecule has 2 aromatic heterocycles. The number of benzene rings is 1. The van der Waals surface area contributed by atoms with Gasteiger partial charge >= 0.3 is 0 Å². The van der Waals surface area contributed by atoms with E-state index in [2.05, 4.69) is 16.0 Å². The minimum atomic E-state index is -3.39. The predicted molar refractivity (Wildman–Crippen MR) is 128 cm³/mol. The van der Waals surface area contributed by atoms with Crippen LogP contribution in [0.4, 0.5) is 5.00 Å². The van der Waals surface area contributed by atoms with Crippen molar-refractivity contribution in [3.05, 3.63) is 28.6 Å². The van der Waals surface area contributed by atoms with Gasteiger partial charge in [-0.2, -0.15) is 0 Å². The maximum Gasteiger partial charge on any atom is 0.226 e. The van der Waals surface area contributed by atoms with Gasteiger partial charge < -0.3 is 16.0 Å². The lowest BCUT2D eigenvalue weighted by Gasteiger charge is -2.13. The normalized spacial score (nSPS) is 14.2. The van der Waals surface area contributed by atoms with Gasteiger partial charge in [0.05, 0.1) is 9.60 Å². The van der Waals surface area contributed by atoms with Crippen molar-refractivity contribution in [2.75, 3.05) is 24.7 Å². The molecule has 1 aliphatic rings. The van der Waals surface area contributed by atoms with Crippen LogP contribution in [0.15, 0.2) is 23.1 Å². The van der Waals surface area contributed by atoms with Crippen molar-refractivity contribution in [2.45, 2.75) is 44.2 Å². The zero-order valence-electron chi connectivity index (χ0n) is 17.7. The summed E-state index contributed by atoms with van der Waals surface area (Å²) >= 11 is 3.05. The predicted octanol–water partition coefficient (Wildman–Crippen LogP) is 3.40. The van der Waals surface area contributed by atoms with Crippen LogP contribution >= 0.6 is 22.7 Å². The Morgan fingerprint density at radius 2 is 2.10 bits per heavy atom. The largest absolute Gasteiger partial charge is 0.317 e. The molecular formula is C21H26N4O3S3. The van der Waals surface area contributed by atoms with Crippen LogP contribution in [0, 0.1) is 0 Å². The average Bonchev–Trinajstić information content (AvgIpc) is 3.26. The Morgan fingerprint density at radius 3 is 2.84 bits per heavy atom. The van der Waals surface area contributed by atoms with Crippen molar-refractivity contribution in [3.63, 3.8) is 0 Å². The van der Waals surface area contributed by atoms with E-state index in [1.54, 1.807) is 23.5 Å². The summed E-state index contributed by atoms with van der Waals surface area (Å²) in [4.78, 5) is 18.8. The molecule has 166 valence electrons. The smallest absolute Gasteiger partial charge is 0.226 e. The van der Waals surface area contributed by atoms with Crippen LogP contribution in [0.5, 0.6) is 0 Å². The summed E-state index contributed by atoms with van der Waals surface area (Å²) in [5.74, 6) is -0.0427. The number of para-hydroxylation sites is 1. The number of aromatic nitrogens is 1. The first-order chi connectivity index (χ1) is 14.7. The van der Waals surface area contributed by atoms with Gasteiger partial charge in [0.2, 0.25) is 5.91 Å². The minimum Gasteiger partial charge on any atom is -0.317 e. The Morgan fingerprint density at radius 1 is 1.29 bits per heavy atom. The Bertz CT molecular complexity index is 1230. The summed E-state index contributed by atoms with van der Waals surface area (Å²) in [7, 11) is -3.39. The van der Waals surface area contributed by atoms with Crippen molar-refractivity contribution in [2.24, 2.45) is 0 Å². The highest BCUT2D eigenvalue weighted by molar-refractivity contribution is 7.91. The fraction of sp³-hybridized carbons (Fsp3) is 0.429. The maximum absolute atomic E-state index is 12.6. The van der Waals surface area contributed by atoms with Gasteiger partial charge in [0.15, 0.2) is 9.84 Å². The summed E-state index contributed by atoms with van der Waals surface area (Å²) in [6, 6.07) is 5.56. The molecule has 0 saturated heterocycles. The second-order valence-corrected chi connectivity index (χ2v) is 12.1. The third-order valence-electron chi connectivity index (χ3n) is 5.08. The second-order valence-electron chi connectivity index (χ2n) is 7.94. The van der Waals surface area contributed by atoms with Crippen molar-refractivity contribution < 1.29 is 13.2 Å². The third kappa shape index (κ3) is 4.83. The van der Waals surface area contributed by atoms with E-state index in [1.165, 1.54) is 28.0 Å². The van der Waals surface area contributed by atoms with Crippen molar-refractivity contribution in [1.82, 2.24) is 15.6 Å². The Hall–Kier alpha value is -1.85. The molecule has 3 aromatic rings. The Balaban J connectivity index is 1.74. The molecule has 1 amide bonds. The summed E-state index contributed by atoms with van der Waals surface area (Å²) in [6.07, 6.45) is 2.44. The number of carbonyl (C=O) groups excluding carboxylic acids is 1. The van der Waals surface area contributed by atoms with E-state index in [9.17, 15) is 13.2 Å². The highest BCUT2D eigenvalue weighted by Gasteiger charge is 2.26. The highest BCUT2D eigenvalue weighted by atomic mass is 32.2. The van der Waals surface area contributed by atoms with Crippen LogP contribution in [-0.4, -0.2) is 44.7 Å². The molecular weight excluding hydrogens is 452 g/mol. The quantitative estimate of drug-likeness (QED) is 0.481. The van der Waals surface area contributed by atoms with E-state index >= 15 is 0 Å². The molecule has 7 nitrogen and oxygen atoms in total. The second kappa shape index (κ2) is 8.95. The average molecular weight is 479 g/mol. The number of fused-ring (bicyclic) bond motifs is 2.